The van der Waals surface area contributed by atoms with Crippen molar-refractivity contribution in [1.82, 2.24) is 5.32 Å². The minimum atomic E-state index is -0.780. The summed E-state index contributed by atoms with van der Waals surface area (Å²) >= 11 is 0. The summed E-state index contributed by atoms with van der Waals surface area (Å²) in [5, 5.41) is 15.1. The first-order valence-corrected chi connectivity index (χ1v) is 7.98. The Bertz CT molecular complexity index is 731. The molecule has 6 heteroatoms. The predicted molar refractivity (Wildman–Crippen MR) is 95.4 cm³/mol. The van der Waals surface area contributed by atoms with Crippen LogP contribution in [-0.4, -0.2) is 30.6 Å². The number of aliphatic hydroxyl groups excluding tert-OH is 1. The largest absolute Gasteiger partial charge is 0.495 e. The lowest BCUT2D eigenvalue weighted by atomic mass is 10.1. The molecule has 2 aromatic carbocycles. The molecule has 0 saturated heterocycles. The molecule has 2 rings (SSSR count). The Kier molecular flexibility index (Phi) is 6.54. The molecule has 132 valence electrons. The fourth-order valence-corrected chi connectivity index (χ4v) is 2.34. The summed E-state index contributed by atoms with van der Waals surface area (Å²) in [5.41, 5.74) is 2.14. The van der Waals surface area contributed by atoms with Crippen LogP contribution in [0, 0.1) is 6.92 Å². The second kappa shape index (κ2) is 8.84. The third-order valence-electron chi connectivity index (χ3n) is 3.70. The number of methoxy groups -OCH3 is 1. The van der Waals surface area contributed by atoms with Crippen LogP contribution in [-0.2, 0) is 9.59 Å². The fourth-order valence-electron chi connectivity index (χ4n) is 2.34. The number of rotatable bonds is 6. The maximum absolute atomic E-state index is 12.0. The SMILES string of the molecule is COc1ccc(C)cc1NC(=O)C(=O)NCCC(O)c1ccccc1. The second-order valence-electron chi connectivity index (χ2n) is 5.63. The van der Waals surface area contributed by atoms with Crippen molar-refractivity contribution >= 4 is 17.5 Å². The first-order valence-electron chi connectivity index (χ1n) is 7.98. The monoisotopic (exact) mass is 342 g/mol. The van der Waals surface area contributed by atoms with Crippen molar-refractivity contribution in [1.29, 1.82) is 0 Å². The van der Waals surface area contributed by atoms with E-state index in [0.29, 0.717) is 17.9 Å². The van der Waals surface area contributed by atoms with Crippen LogP contribution in [0.25, 0.3) is 0 Å². The number of amides is 2. The quantitative estimate of drug-likeness (QED) is 0.702. The van der Waals surface area contributed by atoms with Gasteiger partial charge in [0.25, 0.3) is 0 Å². The lowest BCUT2D eigenvalue weighted by Crippen LogP contribution is -2.36. The first kappa shape index (κ1) is 18.5. The summed E-state index contributed by atoms with van der Waals surface area (Å²) in [7, 11) is 1.49. The van der Waals surface area contributed by atoms with E-state index in [-0.39, 0.29) is 6.54 Å². The van der Waals surface area contributed by atoms with Crippen LogP contribution in [0.1, 0.15) is 23.7 Å². The smallest absolute Gasteiger partial charge is 0.313 e. The number of nitrogens with one attached hydrogen (secondary N) is 2. The Morgan fingerprint density at radius 1 is 1.12 bits per heavy atom. The van der Waals surface area contributed by atoms with Gasteiger partial charge in [0.05, 0.1) is 18.9 Å². The van der Waals surface area contributed by atoms with Gasteiger partial charge in [-0.05, 0) is 36.6 Å². The van der Waals surface area contributed by atoms with Crippen molar-refractivity contribution in [3.63, 3.8) is 0 Å². The van der Waals surface area contributed by atoms with Gasteiger partial charge in [-0.25, -0.2) is 0 Å². The van der Waals surface area contributed by atoms with Gasteiger partial charge in [-0.2, -0.15) is 0 Å². The third-order valence-corrected chi connectivity index (χ3v) is 3.70. The number of ether oxygens (including phenoxy) is 1. The molecule has 1 atom stereocenters. The minimum Gasteiger partial charge on any atom is -0.495 e. The molecule has 3 N–H and O–H groups in total. The number of anilines is 1. The lowest BCUT2D eigenvalue weighted by Gasteiger charge is -2.13. The van der Waals surface area contributed by atoms with Crippen molar-refractivity contribution in [2.24, 2.45) is 0 Å². The maximum atomic E-state index is 12.0. The normalized spacial score (nSPS) is 11.5. The van der Waals surface area contributed by atoms with Gasteiger partial charge in [0, 0.05) is 6.54 Å². The van der Waals surface area contributed by atoms with Gasteiger partial charge in [-0.15, -0.1) is 0 Å². The molecule has 0 fully saturated rings. The molecule has 0 radical (unpaired) electrons. The summed E-state index contributed by atoms with van der Waals surface area (Å²) in [6.07, 6.45) is -0.377. The number of aryl methyl sites for hydroxylation is 1. The van der Waals surface area contributed by atoms with E-state index in [9.17, 15) is 14.7 Å². The molecule has 1 unspecified atom stereocenters. The van der Waals surface area contributed by atoms with Crippen LogP contribution in [0.3, 0.4) is 0 Å². The number of hydrogen-bond acceptors (Lipinski definition) is 4. The summed E-state index contributed by atoms with van der Waals surface area (Å²) in [5.74, 6) is -1.06. The van der Waals surface area contributed by atoms with Crippen LogP contribution in [0.15, 0.2) is 48.5 Å². The van der Waals surface area contributed by atoms with Crippen LogP contribution in [0.2, 0.25) is 0 Å². The van der Waals surface area contributed by atoms with E-state index in [1.807, 2.05) is 43.3 Å². The van der Waals surface area contributed by atoms with Gasteiger partial charge < -0.3 is 20.5 Å². The Morgan fingerprint density at radius 2 is 1.84 bits per heavy atom. The number of aliphatic hydroxyl groups is 1. The van der Waals surface area contributed by atoms with E-state index in [4.69, 9.17) is 4.74 Å². The molecule has 2 amide bonds. The van der Waals surface area contributed by atoms with Crippen LogP contribution >= 0.6 is 0 Å². The zero-order valence-corrected chi connectivity index (χ0v) is 14.3. The minimum absolute atomic E-state index is 0.188. The highest BCUT2D eigenvalue weighted by Gasteiger charge is 2.16. The van der Waals surface area contributed by atoms with Gasteiger partial charge in [0.1, 0.15) is 5.75 Å². The summed E-state index contributed by atoms with van der Waals surface area (Å²) in [6.45, 7) is 2.06. The van der Waals surface area contributed by atoms with Crippen molar-refractivity contribution < 1.29 is 19.4 Å². The Hall–Kier alpha value is -2.86. The van der Waals surface area contributed by atoms with Crippen molar-refractivity contribution in [2.45, 2.75) is 19.4 Å². The van der Waals surface area contributed by atoms with Gasteiger partial charge in [0.15, 0.2) is 0 Å². The molecule has 0 aromatic heterocycles. The Balaban J connectivity index is 1.85. The molecule has 0 heterocycles. The summed E-state index contributed by atoms with van der Waals surface area (Å²) in [6, 6.07) is 14.4. The molecule has 0 aliphatic carbocycles. The van der Waals surface area contributed by atoms with E-state index >= 15 is 0 Å². The summed E-state index contributed by atoms with van der Waals surface area (Å²) < 4.78 is 5.16. The highest BCUT2D eigenvalue weighted by atomic mass is 16.5. The standard InChI is InChI=1S/C19H22N2O4/c1-13-8-9-17(25-2)15(12-13)21-19(24)18(23)20-11-10-16(22)14-6-4-3-5-7-14/h3-9,12,16,22H,10-11H2,1-2H3,(H,20,23)(H,21,24). The number of carbonyl (C=O) groups is 2. The van der Waals surface area contributed by atoms with Crippen molar-refractivity contribution in [3.05, 3.63) is 59.7 Å². The summed E-state index contributed by atoms with van der Waals surface area (Å²) in [4.78, 5) is 23.9. The topological polar surface area (TPSA) is 87.7 Å². The highest BCUT2D eigenvalue weighted by Crippen LogP contribution is 2.25. The average Bonchev–Trinajstić information content (AvgIpc) is 2.62. The molecule has 0 aliphatic heterocycles. The van der Waals surface area contributed by atoms with E-state index in [1.54, 1.807) is 12.1 Å². The van der Waals surface area contributed by atoms with Crippen molar-refractivity contribution in [2.75, 3.05) is 19.0 Å². The van der Waals surface area contributed by atoms with Crippen molar-refractivity contribution in [3.8, 4) is 5.75 Å². The van der Waals surface area contributed by atoms with E-state index in [1.165, 1.54) is 7.11 Å². The van der Waals surface area contributed by atoms with Gasteiger partial charge >= 0.3 is 11.8 Å². The van der Waals surface area contributed by atoms with Crippen LogP contribution in [0.4, 0.5) is 5.69 Å². The molecule has 0 saturated carbocycles. The van der Waals surface area contributed by atoms with Gasteiger partial charge in [-0.3, -0.25) is 9.59 Å². The average molecular weight is 342 g/mol. The van der Waals surface area contributed by atoms with Crippen LogP contribution in [0.5, 0.6) is 5.75 Å². The predicted octanol–water partition coefficient (Wildman–Crippen LogP) is 2.18. The van der Waals surface area contributed by atoms with Crippen LogP contribution < -0.4 is 15.4 Å². The fraction of sp³-hybridized carbons (Fsp3) is 0.263. The maximum Gasteiger partial charge on any atom is 0.313 e. The van der Waals surface area contributed by atoms with Gasteiger partial charge in [-0.1, -0.05) is 36.4 Å². The second-order valence-corrected chi connectivity index (χ2v) is 5.63. The lowest BCUT2D eigenvalue weighted by molar-refractivity contribution is -0.136. The third kappa shape index (κ3) is 5.32. The molecule has 0 spiro atoms. The number of carbonyl (C=O) groups excluding carboxylic acids is 2. The van der Waals surface area contributed by atoms with E-state index in [2.05, 4.69) is 10.6 Å². The zero-order valence-electron chi connectivity index (χ0n) is 14.3. The number of benzene rings is 2. The molecule has 2 aromatic rings. The molecule has 25 heavy (non-hydrogen) atoms. The molecular weight excluding hydrogens is 320 g/mol. The molecule has 0 bridgehead atoms. The van der Waals surface area contributed by atoms with E-state index in [0.717, 1.165) is 11.1 Å². The molecule has 0 aliphatic rings. The number of hydrogen-bond donors (Lipinski definition) is 3. The Labute approximate surface area is 146 Å². The zero-order chi connectivity index (χ0) is 18.2. The first-order chi connectivity index (χ1) is 12.0. The highest BCUT2D eigenvalue weighted by molar-refractivity contribution is 6.39. The molecular formula is C19H22N2O4. The van der Waals surface area contributed by atoms with E-state index < -0.39 is 17.9 Å². The molecule has 6 nitrogen and oxygen atoms in total. The Morgan fingerprint density at radius 3 is 2.52 bits per heavy atom. The van der Waals surface area contributed by atoms with Gasteiger partial charge in [0.2, 0.25) is 0 Å².